The van der Waals surface area contributed by atoms with Crippen molar-refractivity contribution in [1.82, 2.24) is 9.88 Å². The van der Waals surface area contributed by atoms with E-state index in [9.17, 15) is 9.59 Å². The lowest BCUT2D eigenvalue weighted by Crippen LogP contribution is -2.40. The van der Waals surface area contributed by atoms with Gasteiger partial charge in [0, 0.05) is 12.7 Å². The Labute approximate surface area is 94.1 Å². The highest BCUT2D eigenvalue weighted by atomic mass is 16.4. The zero-order chi connectivity index (χ0) is 12.1. The number of carboxylic acid groups (broad SMARTS) is 1. The maximum absolute atomic E-state index is 11.8. The Morgan fingerprint density at radius 2 is 2.19 bits per heavy atom. The third kappa shape index (κ3) is 2.62. The van der Waals surface area contributed by atoms with E-state index in [0.29, 0.717) is 18.7 Å². The fourth-order valence-corrected chi connectivity index (χ4v) is 1.47. The zero-order valence-corrected chi connectivity index (χ0v) is 9.43. The number of hydrogen-bond acceptors (Lipinski definition) is 2. The Morgan fingerprint density at radius 1 is 1.50 bits per heavy atom. The van der Waals surface area contributed by atoms with Crippen LogP contribution in [0.4, 0.5) is 0 Å². The molecule has 1 rings (SSSR count). The maximum Gasteiger partial charge on any atom is 0.326 e. The number of aromatic nitrogens is 1. The van der Waals surface area contributed by atoms with E-state index in [1.165, 1.54) is 0 Å². The van der Waals surface area contributed by atoms with Crippen LogP contribution in [-0.2, 0) is 11.3 Å². The molecular formula is C11H16N2O3. The molecule has 1 heterocycles. The molecular weight excluding hydrogens is 208 g/mol. The van der Waals surface area contributed by atoms with Gasteiger partial charge in [-0.15, -0.1) is 0 Å². The molecule has 5 nitrogen and oxygen atoms in total. The van der Waals surface area contributed by atoms with E-state index in [0.717, 1.165) is 0 Å². The molecule has 88 valence electrons. The van der Waals surface area contributed by atoms with Crippen LogP contribution in [0, 0.1) is 0 Å². The number of nitrogens with one attached hydrogen (secondary N) is 1. The number of aliphatic carboxylic acids is 1. The predicted molar refractivity (Wildman–Crippen MR) is 59.3 cm³/mol. The molecule has 0 unspecified atom stereocenters. The van der Waals surface area contributed by atoms with Crippen molar-refractivity contribution in [2.24, 2.45) is 0 Å². The number of aryl methyl sites for hydroxylation is 1. The second kappa shape index (κ2) is 5.34. The summed E-state index contributed by atoms with van der Waals surface area (Å²) in [6, 6.07) is 2.61. The first-order chi connectivity index (χ1) is 7.60. The van der Waals surface area contributed by atoms with Gasteiger partial charge in [-0.3, -0.25) is 4.79 Å². The Kier molecular flexibility index (Phi) is 4.10. The second-order valence-corrected chi connectivity index (χ2v) is 3.45. The highest BCUT2D eigenvalue weighted by Gasteiger charge is 2.19. The SMILES string of the molecule is CC[C@H](NC(=O)c1cccn1CC)C(=O)O. The molecule has 1 amide bonds. The summed E-state index contributed by atoms with van der Waals surface area (Å²) in [5.41, 5.74) is 0.488. The number of hydrogen-bond donors (Lipinski definition) is 2. The van der Waals surface area contributed by atoms with Gasteiger partial charge in [-0.25, -0.2) is 4.79 Å². The molecule has 0 fully saturated rings. The largest absolute Gasteiger partial charge is 0.480 e. The lowest BCUT2D eigenvalue weighted by molar-refractivity contribution is -0.139. The first kappa shape index (κ1) is 12.3. The molecule has 0 saturated carbocycles. The van der Waals surface area contributed by atoms with Crippen molar-refractivity contribution >= 4 is 11.9 Å². The fraction of sp³-hybridized carbons (Fsp3) is 0.455. The lowest BCUT2D eigenvalue weighted by Gasteiger charge is -2.13. The minimum atomic E-state index is -1.01. The normalized spacial score (nSPS) is 12.1. The molecule has 0 aliphatic rings. The van der Waals surface area contributed by atoms with Crippen molar-refractivity contribution in [2.75, 3.05) is 0 Å². The predicted octanol–water partition coefficient (Wildman–Crippen LogP) is 1.10. The van der Waals surface area contributed by atoms with Gasteiger partial charge >= 0.3 is 5.97 Å². The van der Waals surface area contributed by atoms with Crippen LogP contribution < -0.4 is 5.32 Å². The number of carbonyl (C=O) groups is 2. The van der Waals surface area contributed by atoms with Gasteiger partial charge in [0.05, 0.1) is 0 Å². The summed E-state index contributed by atoms with van der Waals surface area (Å²) in [5, 5.41) is 11.3. The van der Waals surface area contributed by atoms with Crippen LogP contribution in [0.3, 0.4) is 0 Å². The van der Waals surface area contributed by atoms with Crippen molar-refractivity contribution in [3.63, 3.8) is 0 Å². The van der Waals surface area contributed by atoms with E-state index in [2.05, 4.69) is 5.32 Å². The summed E-state index contributed by atoms with van der Waals surface area (Å²) in [7, 11) is 0. The topological polar surface area (TPSA) is 71.3 Å². The number of rotatable bonds is 5. The summed E-state index contributed by atoms with van der Waals surface area (Å²) < 4.78 is 1.77. The minimum absolute atomic E-state index is 0.346. The highest BCUT2D eigenvalue weighted by molar-refractivity contribution is 5.95. The third-order valence-electron chi connectivity index (χ3n) is 2.41. The van der Waals surface area contributed by atoms with Gasteiger partial charge in [0.1, 0.15) is 11.7 Å². The van der Waals surface area contributed by atoms with Crippen LogP contribution in [0.25, 0.3) is 0 Å². The van der Waals surface area contributed by atoms with E-state index in [-0.39, 0.29) is 5.91 Å². The zero-order valence-electron chi connectivity index (χ0n) is 9.43. The monoisotopic (exact) mass is 224 g/mol. The lowest BCUT2D eigenvalue weighted by atomic mass is 10.2. The van der Waals surface area contributed by atoms with Gasteiger partial charge in [0.15, 0.2) is 0 Å². The molecule has 5 heteroatoms. The van der Waals surface area contributed by atoms with Crippen LogP contribution in [0.15, 0.2) is 18.3 Å². The van der Waals surface area contributed by atoms with E-state index < -0.39 is 12.0 Å². The third-order valence-corrected chi connectivity index (χ3v) is 2.41. The van der Waals surface area contributed by atoms with Gasteiger partial charge in [-0.05, 0) is 25.5 Å². The van der Waals surface area contributed by atoms with E-state index in [1.807, 2.05) is 6.92 Å². The van der Waals surface area contributed by atoms with Gasteiger partial charge < -0.3 is 15.0 Å². The van der Waals surface area contributed by atoms with Gasteiger partial charge in [-0.2, -0.15) is 0 Å². The average molecular weight is 224 g/mol. The van der Waals surface area contributed by atoms with Gasteiger partial charge in [-0.1, -0.05) is 6.92 Å². The molecule has 0 aromatic carbocycles. The van der Waals surface area contributed by atoms with Crippen molar-refractivity contribution in [3.05, 3.63) is 24.0 Å². The maximum atomic E-state index is 11.8. The molecule has 0 saturated heterocycles. The molecule has 0 radical (unpaired) electrons. The van der Waals surface area contributed by atoms with Crippen molar-refractivity contribution in [2.45, 2.75) is 32.9 Å². The summed E-state index contributed by atoms with van der Waals surface area (Å²) >= 11 is 0. The number of amides is 1. The molecule has 16 heavy (non-hydrogen) atoms. The molecule has 2 N–H and O–H groups in total. The Balaban J connectivity index is 2.75. The molecule has 1 aromatic rings. The molecule has 0 spiro atoms. The summed E-state index contributed by atoms with van der Waals surface area (Å²) in [6.07, 6.45) is 2.16. The quantitative estimate of drug-likeness (QED) is 0.786. The van der Waals surface area contributed by atoms with Crippen LogP contribution in [0.5, 0.6) is 0 Å². The van der Waals surface area contributed by atoms with E-state index in [4.69, 9.17) is 5.11 Å². The number of nitrogens with zero attached hydrogens (tertiary/aromatic N) is 1. The van der Waals surface area contributed by atoms with Crippen molar-refractivity contribution < 1.29 is 14.7 Å². The van der Waals surface area contributed by atoms with Crippen molar-refractivity contribution in [1.29, 1.82) is 0 Å². The Morgan fingerprint density at radius 3 is 2.69 bits per heavy atom. The molecule has 0 aliphatic carbocycles. The van der Waals surface area contributed by atoms with E-state index >= 15 is 0 Å². The highest BCUT2D eigenvalue weighted by Crippen LogP contribution is 2.03. The molecule has 0 aliphatic heterocycles. The van der Waals surface area contributed by atoms with Crippen molar-refractivity contribution in [3.8, 4) is 0 Å². The van der Waals surface area contributed by atoms with Crippen LogP contribution in [0.1, 0.15) is 30.8 Å². The Hall–Kier alpha value is -1.78. The number of carboxylic acids is 1. The average Bonchev–Trinajstić information content (AvgIpc) is 2.72. The summed E-state index contributed by atoms with van der Waals surface area (Å²) in [4.78, 5) is 22.5. The fourth-order valence-electron chi connectivity index (χ4n) is 1.47. The summed E-state index contributed by atoms with van der Waals surface area (Å²) in [5.74, 6) is -1.36. The standard InChI is InChI=1S/C11H16N2O3/c1-3-8(11(15)16)12-10(14)9-6-5-7-13(9)4-2/h5-8H,3-4H2,1-2H3,(H,12,14)(H,15,16)/t8-/m0/s1. The van der Waals surface area contributed by atoms with Gasteiger partial charge in [0.25, 0.3) is 5.91 Å². The van der Waals surface area contributed by atoms with Crippen LogP contribution in [0.2, 0.25) is 0 Å². The van der Waals surface area contributed by atoms with Crippen LogP contribution >= 0.6 is 0 Å². The van der Waals surface area contributed by atoms with Crippen LogP contribution in [-0.4, -0.2) is 27.6 Å². The summed E-state index contributed by atoms with van der Waals surface area (Å²) in [6.45, 7) is 4.32. The Bertz CT molecular complexity index is 384. The number of carbonyl (C=O) groups excluding carboxylic acids is 1. The molecule has 1 aromatic heterocycles. The minimum Gasteiger partial charge on any atom is -0.480 e. The van der Waals surface area contributed by atoms with Gasteiger partial charge in [0.2, 0.25) is 0 Å². The first-order valence-electron chi connectivity index (χ1n) is 5.29. The van der Waals surface area contributed by atoms with E-state index in [1.54, 1.807) is 29.8 Å². The molecule has 1 atom stereocenters. The smallest absolute Gasteiger partial charge is 0.326 e. The first-order valence-corrected chi connectivity index (χ1v) is 5.29. The molecule has 0 bridgehead atoms. The second-order valence-electron chi connectivity index (χ2n) is 3.45.